The molecule has 1 fully saturated rings. The van der Waals surface area contributed by atoms with Crippen molar-refractivity contribution in [2.24, 2.45) is 5.73 Å². The molecule has 1 saturated heterocycles. The van der Waals surface area contributed by atoms with Crippen LogP contribution in [0.2, 0.25) is 0 Å². The highest BCUT2D eigenvalue weighted by atomic mass is 19.4. The van der Waals surface area contributed by atoms with Crippen LogP contribution >= 0.6 is 0 Å². The van der Waals surface area contributed by atoms with Crippen molar-refractivity contribution in [3.8, 4) is 0 Å². The van der Waals surface area contributed by atoms with Gasteiger partial charge >= 0.3 is 12.1 Å². The Kier molecular flexibility index (Phi) is 3.59. The maximum Gasteiger partial charge on any atom is 0.415 e. The van der Waals surface area contributed by atoms with Crippen LogP contribution in [0.5, 0.6) is 0 Å². The number of hydrogen-bond donors (Lipinski definition) is 3. The maximum absolute atomic E-state index is 12.5. The van der Waals surface area contributed by atoms with E-state index in [2.05, 4.69) is 0 Å². The second-order valence-corrected chi connectivity index (χ2v) is 4.34. The van der Waals surface area contributed by atoms with Gasteiger partial charge in [0, 0.05) is 13.0 Å². The first-order valence-corrected chi connectivity index (χ1v) is 5.02. The quantitative estimate of drug-likeness (QED) is 0.649. The normalized spacial score (nSPS) is 27.6. The van der Waals surface area contributed by atoms with Crippen molar-refractivity contribution in [2.75, 3.05) is 13.2 Å². The molecule has 0 aromatic carbocycles. The maximum atomic E-state index is 12.5. The first kappa shape index (κ1) is 14.7. The largest absolute Gasteiger partial charge is 0.479 e. The first-order chi connectivity index (χ1) is 8.03. The minimum Gasteiger partial charge on any atom is -0.479 e. The molecule has 2 atom stereocenters. The molecule has 6 nitrogen and oxygen atoms in total. The minimum absolute atomic E-state index is 0.0416. The minimum atomic E-state index is -4.98. The van der Waals surface area contributed by atoms with E-state index in [1.807, 2.05) is 5.32 Å². The van der Waals surface area contributed by atoms with Crippen molar-refractivity contribution in [2.45, 2.75) is 30.6 Å². The van der Waals surface area contributed by atoms with Gasteiger partial charge in [-0.2, -0.15) is 13.2 Å². The average molecular weight is 270 g/mol. The molecule has 0 spiro atoms. The molecular weight excluding hydrogens is 257 g/mol. The molecule has 1 aliphatic rings. The Morgan fingerprint density at radius 3 is 2.33 bits per heavy atom. The van der Waals surface area contributed by atoms with Crippen molar-refractivity contribution in [3.63, 3.8) is 0 Å². The van der Waals surface area contributed by atoms with Crippen LogP contribution in [-0.4, -0.2) is 47.5 Å². The van der Waals surface area contributed by atoms with E-state index in [-0.39, 0.29) is 19.6 Å². The molecule has 104 valence electrons. The van der Waals surface area contributed by atoms with Crippen molar-refractivity contribution < 1.29 is 32.6 Å². The number of carbonyl (C=O) groups excluding carboxylic acids is 1. The van der Waals surface area contributed by atoms with Crippen LogP contribution in [0.4, 0.5) is 13.2 Å². The van der Waals surface area contributed by atoms with Crippen LogP contribution in [0.25, 0.3) is 0 Å². The lowest BCUT2D eigenvalue weighted by molar-refractivity contribution is -0.189. The van der Waals surface area contributed by atoms with Gasteiger partial charge in [0.05, 0.1) is 6.61 Å². The van der Waals surface area contributed by atoms with Gasteiger partial charge in [0.15, 0.2) is 11.1 Å². The molecular formula is C9H13F3N2O4. The lowest BCUT2D eigenvalue weighted by Gasteiger charge is -2.31. The molecule has 4 N–H and O–H groups in total. The van der Waals surface area contributed by atoms with E-state index in [1.165, 1.54) is 0 Å². The van der Waals surface area contributed by atoms with Crippen LogP contribution in [0, 0.1) is 0 Å². The van der Waals surface area contributed by atoms with Crippen molar-refractivity contribution >= 4 is 11.9 Å². The Labute approximate surface area is 100 Å². The molecule has 0 saturated carbocycles. The summed E-state index contributed by atoms with van der Waals surface area (Å²) in [4.78, 5) is 22.5. The molecule has 1 aliphatic heterocycles. The lowest BCUT2D eigenvalue weighted by Crippen LogP contribution is -2.67. The van der Waals surface area contributed by atoms with E-state index in [0.717, 1.165) is 0 Å². The summed E-state index contributed by atoms with van der Waals surface area (Å²) in [5.41, 5.74) is -0.0953. The summed E-state index contributed by atoms with van der Waals surface area (Å²) >= 11 is 0. The highest BCUT2D eigenvalue weighted by Gasteiger charge is 2.56. The van der Waals surface area contributed by atoms with Gasteiger partial charge in [0.2, 0.25) is 5.91 Å². The molecule has 0 bridgehead atoms. The molecule has 2 unspecified atom stereocenters. The topological polar surface area (TPSA) is 102 Å². The third-order valence-electron chi connectivity index (χ3n) is 2.84. The van der Waals surface area contributed by atoms with E-state index in [0.29, 0.717) is 6.92 Å². The number of aliphatic carboxylic acids is 1. The third-order valence-corrected chi connectivity index (χ3v) is 2.84. The van der Waals surface area contributed by atoms with Gasteiger partial charge in [-0.05, 0) is 6.92 Å². The number of carbonyl (C=O) groups is 2. The number of carboxylic acid groups (broad SMARTS) is 1. The summed E-state index contributed by atoms with van der Waals surface area (Å²) in [5, 5.41) is 10.8. The summed E-state index contributed by atoms with van der Waals surface area (Å²) in [6.07, 6.45) is -5.09. The number of nitrogens with one attached hydrogen (secondary N) is 1. The standard InChI is InChI=1S/C9H13F3N2O4/c1-7(13,9(10,11)12)5(15)14-8(6(16)17)2-3-18-4-8/h2-4,13H2,1H3,(H,14,15)(H,16,17). The Hall–Kier alpha value is -1.35. The van der Waals surface area contributed by atoms with E-state index in [9.17, 15) is 22.8 Å². The molecule has 18 heavy (non-hydrogen) atoms. The van der Waals surface area contributed by atoms with Crippen LogP contribution in [0.1, 0.15) is 13.3 Å². The van der Waals surface area contributed by atoms with Crippen LogP contribution < -0.4 is 11.1 Å². The van der Waals surface area contributed by atoms with Crippen molar-refractivity contribution in [1.82, 2.24) is 5.32 Å². The van der Waals surface area contributed by atoms with Gasteiger partial charge in [0.25, 0.3) is 0 Å². The second kappa shape index (κ2) is 4.39. The number of halogens is 3. The fraction of sp³-hybridized carbons (Fsp3) is 0.778. The zero-order valence-corrected chi connectivity index (χ0v) is 9.50. The second-order valence-electron chi connectivity index (χ2n) is 4.34. The van der Waals surface area contributed by atoms with Gasteiger partial charge in [-0.1, -0.05) is 0 Å². The predicted molar refractivity (Wildman–Crippen MR) is 52.6 cm³/mol. The summed E-state index contributed by atoms with van der Waals surface area (Å²) in [7, 11) is 0. The van der Waals surface area contributed by atoms with Crippen molar-refractivity contribution in [3.05, 3.63) is 0 Å². The molecule has 1 amide bonds. The summed E-state index contributed by atoms with van der Waals surface area (Å²) in [6.45, 7) is 0.135. The molecule has 0 aromatic heterocycles. The number of rotatable bonds is 3. The Morgan fingerprint density at radius 2 is 2.00 bits per heavy atom. The average Bonchev–Trinajstić information content (AvgIpc) is 2.65. The lowest BCUT2D eigenvalue weighted by atomic mass is 9.95. The zero-order valence-electron chi connectivity index (χ0n) is 9.50. The SMILES string of the molecule is CC(N)(C(=O)NC1(C(=O)O)CCOC1)C(F)(F)F. The summed E-state index contributed by atoms with van der Waals surface area (Å²) in [6, 6.07) is 0. The Balaban J connectivity index is 2.90. The Morgan fingerprint density at radius 1 is 1.44 bits per heavy atom. The number of nitrogens with two attached hydrogens (primary N) is 1. The molecule has 0 aromatic rings. The number of amides is 1. The highest BCUT2D eigenvalue weighted by molar-refractivity contribution is 5.92. The molecule has 1 rings (SSSR count). The van der Waals surface area contributed by atoms with E-state index in [4.69, 9.17) is 15.6 Å². The summed E-state index contributed by atoms with van der Waals surface area (Å²) in [5.74, 6) is -3.05. The Bertz CT molecular complexity index is 361. The van der Waals surface area contributed by atoms with E-state index in [1.54, 1.807) is 0 Å². The number of carboxylic acids is 1. The van der Waals surface area contributed by atoms with Gasteiger partial charge in [-0.15, -0.1) is 0 Å². The molecule has 1 heterocycles. The fourth-order valence-electron chi connectivity index (χ4n) is 1.36. The van der Waals surface area contributed by atoms with Crippen LogP contribution in [0.3, 0.4) is 0 Å². The monoisotopic (exact) mass is 270 g/mol. The number of hydrogen-bond acceptors (Lipinski definition) is 4. The van der Waals surface area contributed by atoms with Gasteiger partial charge in [-0.25, -0.2) is 4.79 Å². The fourth-order valence-corrected chi connectivity index (χ4v) is 1.36. The number of alkyl halides is 3. The van der Waals surface area contributed by atoms with Gasteiger partial charge in [-0.3, -0.25) is 4.79 Å². The molecule has 9 heteroatoms. The predicted octanol–water partition coefficient (Wildman–Crippen LogP) is -0.374. The molecule has 0 aliphatic carbocycles. The zero-order chi connectivity index (χ0) is 14.2. The number of ether oxygens (including phenoxy) is 1. The first-order valence-electron chi connectivity index (χ1n) is 5.02. The van der Waals surface area contributed by atoms with Crippen LogP contribution in [-0.2, 0) is 14.3 Å². The van der Waals surface area contributed by atoms with Crippen molar-refractivity contribution in [1.29, 1.82) is 0 Å². The molecule has 0 radical (unpaired) electrons. The van der Waals surface area contributed by atoms with Gasteiger partial charge in [0.1, 0.15) is 0 Å². The summed E-state index contributed by atoms with van der Waals surface area (Å²) < 4.78 is 42.4. The highest BCUT2D eigenvalue weighted by Crippen LogP contribution is 2.29. The van der Waals surface area contributed by atoms with Crippen LogP contribution in [0.15, 0.2) is 0 Å². The van der Waals surface area contributed by atoms with E-state index < -0.39 is 29.1 Å². The van der Waals surface area contributed by atoms with Gasteiger partial charge < -0.3 is 20.9 Å². The smallest absolute Gasteiger partial charge is 0.415 e. The van der Waals surface area contributed by atoms with E-state index >= 15 is 0 Å². The third kappa shape index (κ3) is 2.41.